The minimum absolute atomic E-state index is 0.0371. The number of nitrogens with one attached hydrogen (secondary N) is 1. The number of fused-ring (bicyclic) bond motifs is 1. The smallest absolute Gasteiger partial charge is 0.312 e. The molecular weight excluding hydrogens is 430 g/mol. The highest BCUT2D eigenvalue weighted by Gasteiger charge is 2.34. The van der Waals surface area contributed by atoms with E-state index in [4.69, 9.17) is 4.74 Å². The van der Waals surface area contributed by atoms with Crippen molar-refractivity contribution in [1.29, 1.82) is 0 Å². The summed E-state index contributed by atoms with van der Waals surface area (Å²) in [7, 11) is 4.29. The second-order valence-corrected chi connectivity index (χ2v) is 8.00. The number of ether oxygens (including phenoxy) is 1. The van der Waals surface area contributed by atoms with E-state index in [9.17, 15) is 24.3 Å². The van der Waals surface area contributed by atoms with Gasteiger partial charge < -0.3 is 25.0 Å². The summed E-state index contributed by atoms with van der Waals surface area (Å²) < 4.78 is 6.67. The SMILES string of the molecule is Cc1ccc(CNC(=O)c2nc3n(c(=O)c2O)CCOCC3N(C)C(=O)C(=O)N(C)C)cc1. The molecule has 11 heteroatoms. The molecule has 3 amide bonds. The third-order valence-electron chi connectivity index (χ3n) is 5.37. The van der Waals surface area contributed by atoms with Crippen molar-refractivity contribution < 1.29 is 24.2 Å². The molecule has 176 valence electrons. The number of nitrogens with zero attached hydrogens (tertiary/aromatic N) is 4. The number of hydrogen-bond acceptors (Lipinski definition) is 7. The van der Waals surface area contributed by atoms with E-state index in [0.717, 1.165) is 25.5 Å². The molecule has 1 aromatic carbocycles. The molecule has 0 saturated carbocycles. The van der Waals surface area contributed by atoms with Crippen LogP contribution < -0.4 is 10.9 Å². The number of carbonyl (C=O) groups is 3. The van der Waals surface area contributed by atoms with Crippen LogP contribution >= 0.6 is 0 Å². The van der Waals surface area contributed by atoms with Gasteiger partial charge in [0.2, 0.25) is 5.75 Å². The van der Waals surface area contributed by atoms with Crippen molar-refractivity contribution in [3.63, 3.8) is 0 Å². The molecule has 0 saturated heterocycles. The maximum Gasteiger partial charge on any atom is 0.312 e. The van der Waals surface area contributed by atoms with Crippen LogP contribution in [0.1, 0.15) is 33.5 Å². The molecule has 0 spiro atoms. The van der Waals surface area contributed by atoms with Crippen LogP contribution in [0.2, 0.25) is 0 Å². The van der Waals surface area contributed by atoms with E-state index in [1.54, 1.807) is 0 Å². The van der Waals surface area contributed by atoms with Gasteiger partial charge >= 0.3 is 11.8 Å². The summed E-state index contributed by atoms with van der Waals surface area (Å²) >= 11 is 0. The van der Waals surface area contributed by atoms with E-state index in [0.29, 0.717) is 0 Å². The maximum absolute atomic E-state index is 12.8. The fourth-order valence-corrected chi connectivity index (χ4v) is 3.36. The minimum Gasteiger partial charge on any atom is -0.501 e. The van der Waals surface area contributed by atoms with E-state index in [2.05, 4.69) is 10.3 Å². The Hall–Kier alpha value is -3.73. The lowest BCUT2D eigenvalue weighted by molar-refractivity contribution is -0.151. The Bertz CT molecular complexity index is 1130. The van der Waals surface area contributed by atoms with Crippen LogP contribution in [0.4, 0.5) is 0 Å². The molecule has 2 aromatic rings. The average Bonchev–Trinajstić information content (AvgIpc) is 3.01. The van der Waals surface area contributed by atoms with Crippen LogP contribution in [0.15, 0.2) is 29.1 Å². The van der Waals surface area contributed by atoms with Crippen LogP contribution in [0, 0.1) is 6.92 Å². The highest BCUT2D eigenvalue weighted by molar-refractivity contribution is 6.34. The highest BCUT2D eigenvalue weighted by Crippen LogP contribution is 2.23. The molecule has 11 nitrogen and oxygen atoms in total. The van der Waals surface area contributed by atoms with Gasteiger partial charge in [0, 0.05) is 27.7 Å². The van der Waals surface area contributed by atoms with Gasteiger partial charge in [0.15, 0.2) is 5.69 Å². The lowest BCUT2D eigenvalue weighted by Gasteiger charge is -2.28. The van der Waals surface area contributed by atoms with Crippen molar-refractivity contribution in [3.05, 3.63) is 57.3 Å². The molecule has 1 atom stereocenters. The molecule has 1 aliphatic rings. The van der Waals surface area contributed by atoms with E-state index in [1.165, 1.54) is 21.1 Å². The number of aryl methyl sites for hydroxylation is 1. The van der Waals surface area contributed by atoms with Crippen LogP contribution in [-0.2, 0) is 27.4 Å². The van der Waals surface area contributed by atoms with E-state index < -0.39 is 40.8 Å². The highest BCUT2D eigenvalue weighted by atomic mass is 16.5. The van der Waals surface area contributed by atoms with Gasteiger partial charge in [0.25, 0.3) is 11.5 Å². The first-order chi connectivity index (χ1) is 15.6. The van der Waals surface area contributed by atoms with Crippen molar-refractivity contribution in [2.75, 3.05) is 34.4 Å². The number of benzene rings is 1. The van der Waals surface area contributed by atoms with Crippen molar-refractivity contribution >= 4 is 17.7 Å². The number of likely N-dealkylation sites (N-methyl/N-ethyl adjacent to an activating group) is 2. The van der Waals surface area contributed by atoms with Gasteiger partial charge in [0.05, 0.1) is 19.8 Å². The number of aromatic nitrogens is 2. The number of aromatic hydroxyl groups is 1. The first-order valence-corrected chi connectivity index (χ1v) is 10.4. The molecule has 3 rings (SSSR count). The fourth-order valence-electron chi connectivity index (χ4n) is 3.36. The lowest BCUT2D eigenvalue weighted by atomic mass is 10.1. The second kappa shape index (κ2) is 9.82. The van der Waals surface area contributed by atoms with Crippen LogP contribution in [0.5, 0.6) is 5.75 Å². The van der Waals surface area contributed by atoms with E-state index >= 15 is 0 Å². The van der Waals surface area contributed by atoms with Crippen molar-refractivity contribution in [2.24, 2.45) is 0 Å². The summed E-state index contributed by atoms with van der Waals surface area (Å²) in [4.78, 5) is 56.9. The molecular formula is C22H27N5O6. The second-order valence-electron chi connectivity index (χ2n) is 8.00. The Labute approximate surface area is 190 Å². The van der Waals surface area contributed by atoms with Gasteiger partial charge in [-0.2, -0.15) is 0 Å². The molecule has 0 radical (unpaired) electrons. The summed E-state index contributed by atoms with van der Waals surface area (Å²) in [6.07, 6.45) is 0. The van der Waals surface area contributed by atoms with Gasteiger partial charge in [-0.05, 0) is 12.5 Å². The molecule has 33 heavy (non-hydrogen) atoms. The van der Waals surface area contributed by atoms with E-state index in [-0.39, 0.29) is 32.1 Å². The zero-order chi connectivity index (χ0) is 24.3. The first-order valence-electron chi connectivity index (χ1n) is 10.4. The normalized spacial score (nSPS) is 15.2. The molecule has 1 aliphatic heterocycles. The summed E-state index contributed by atoms with van der Waals surface area (Å²) in [6, 6.07) is 6.59. The zero-order valence-electron chi connectivity index (χ0n) is 19.0. The van der Waals surface area contributed by atoms with Gasteiger partial charge in [-0.3, -0.25) is 23.7 Å². The Morgan fingerprint density at radius 3 is 2.48 bits per heavy atom. The third-order valence-corrected chi connectivity index (χ3v) is 5.37. The van der Waals surface area contributed by atoms with Crippen LogP contribution in [0.3, 0.4) is 0 Å². The number of carbonyl (C=O) groups excluding carboxylic acids is 3. The predicted octanol–water partition coefficient (Wildman–Crippen LogP) is -0.195. The van der Waals surface area contributed by atoms with Gasteiger partial charge in [-0.1, -0.05) is 29.8 Å². The molecule has 1 unspecified atom stereocenters. The predicted molar refractivity (Wildman–Crippen MR) is 118 cm³/mol. The zero-order valence-corrected chi connectivity index (χ0v) is 19.0. The average molecular weight is 457 g/mol. The Balaban J connectivity index is 1.95. The summed E-state index contributed by atoms with van der Waals surface area (Å²) in [6.45, 7) is 2.28. The van der Waals surface area contributed by atoms with E-state index in [1.807, 2.05) is 31.2 Å². The topological polar surface area (TPSA) is 134 Å². The van der Waals surface area contributed by atoms with Gasteiger partial charge in [-0.25, -0.2) is 4.98 Å². The molecule has 1 aromatic heterocycles. The third kappa shape index (κ3) is 5.03. The lowest BCUT2D eigenvalue weighted by Crippen LogP contribution is -2.44. The largest absolute Gasteiger partial charge is 0.501 e. The Kier molecular flexibility index (Phi) is 7.12. The molecule has 2 N–H and O–H groups in total. The molecule has 0 bridgehead atoms. The number of hydrogen-bond donors (Lipinski definition) is 2. The van der Waals surface area contributed by atoms with Crippen LogP contribution in [-0.4, -0.2) is 76.5 Å². The van der Waals surface area contributed by atoms with Gasteiger partial charge in [-0.15, -0.1) is 0 Å². The first kappa shape index (κ1) is 23.9. The monoisotopic (exact) mass is 457 g/mol. The number of rotatable bonds is 4. The maximum atomic E-state index is 12.8. The number of amides is 3. The minimum atomic E-state index is -0.916. The summed E-state index contributed by atoms with van der Waals surface area (Å²) in [5.41, 5.74) is 0.627. The van der Waals surface area contributed by atoms with Crippen LogP contribution in [0.25, 0.3) is 0 Å². The summed E-state index contributed by atoms with van der Waals surface area (Å²) in [5.74, 6) is -3.06. The molecule has 0 fully saturated rings. The van der Waals surface area contributed by atoms with Gasteiger partial charge in [0.1, 0.15) is 11.9 Å². The quantitative estimate of drug-likeness (QED) is 0.608. The van der Waals surface area contributed by atoms with Crippen molar-refractivity contribution in [3.8, 4) is 5.75 Å². The Morgan fingerprint density at radius 2 is 1.85 bits per heavy atom. The fraction of sp³-hybridized carbons (Fsp3) is 0.409. The Morgan fingerprint density at radius 1 is 1.18 bits per heavy atom. The summed E-state index contributed by atoms with van der Waals surface area (Å²) in [5, 5.41) is 13.0. The molecule has 0 aliphatic carbocycles. The van der Waals surface area contributed by atoms with Crippen molar-refractivity contribution in [2.45, 2.75) is 26.1 Å². The standard InChI is InChI=1S/C22H27N5O6/c1-13-5-7-14(8-6-13)11-23-19(29)16-17(28)20(30)27-9-10-33-12-15(18(27)24-16)26(4)22(32)21(31)25(2)3/h5-8,15,28H,9-12H2,1-4H3,(H,23,29). The van der Waals surface area contributed by atoms with Crippen molar-refractivity contribution in [1.82, 2.24) is 24.7 Å². The molecule has 2 heterocycles.